The SMILES string of the molecule is O=C(COc1ccccc1)NCCOCCBr. The molecule has 94 valence electrons. The average Bonchev–Trinajstić information content (AvgIpc) is 2.37. The summed E-state index contributed by atoms with van der Waals surface area (Å²) in [7, 11) is 0. The molecule has 1 amide bonds. The molecule has 0 saturated heterocycles. The van der Waals surface area contributed by atoms with Gasteiger partial charge in [0.1, 0.15) is 5.75 Å². The number of hydrogen-bond donors (Lipinski definition) is 1. The van der Waals surface area contributed by atoms with Crippen molar-refractivity contribution in [2.75, 3.05) is 31.7 Å². The van der Waals surface area contributed by atoms with Gasteiger partial charge in [-0.1, -0.05) is 34.1 Å². The largest absolute Gasteiger partial charge is 0.484 e. The lowest BCUT2D eigenvalue weighted by molar-refractivity contribution is -0.123. The fourth-order valence-electron chi connectivity index (χ4n) is 1.14. The molecule has 0 unspecified atom stereocenters. The molecule has 5 heteroatoms. The minimum absolute atomic E-state index is 0.0302. The maximum atomic E-state index is 11.3. The molecule has 0 aromatic heterocycles. The molecule has 0 atom stereocenters. The smallest absolute Gasteiger partial charge is 0.258 e. The molecule has 0 aliphatic rings. The van der Waals surface area contributed by atoms with Gasteiger partial charge in [0, 0.05) is 11.9 Å². The van der Waals surface area contributed by atoms with E-state index in [1.807, 2.05) is 30.3 Å². The molecule has 1 aromatic carbocycles. The molecule has 1 N–H and O–H groups in total. The lowest BCUT2D eigenvalue weighted by atomic mass is 10.3. The monoisotopic (exact) mass is 301 g/mol. The van der Waals surface area contributed by atoms with Gasteiger partial charge < -0.3 is 14.8 Å². The van der Waals surface area contributed by atoms with Gasteiger partial charge in [0.15, 0.2) is 6.61 Å². The molecule has 0 fully saturated rings. The fourth-order valence-corrected chi connectivity index (χ4v) is 1.36. The molecular weight excluding hydrogens is 286 g/mol. The molecule has 1 rings (SSSR count). The van der Waals surface area contributed by atoms with Crippen molar-refractivity contribution >= 4 is 21.8 Å². The predicted octanol–water partition coefficient (Wildman–Crippen LogP) is 1.59. The topological polar surface area (TPSA) is 47.6 Å². The van der Waals surface area contributed by atoms with E-state index in [4.69, 9.17) is 9.47 Å². The standard InChI is InChI=1S/C12H16BrNO3/c13-6-8-16-9-7-14-12(15)10-17-11-4-2-1-3-5-11/h1-5H,6-10H2,(H,14,15). The number of amides is 1. The van der Waals surface area contributed by atoms with E-state index in [0.717, 1.165) is 5.33 Å². The summed E-state index contributed by atoms with van der Waals surface area (Å²) in [6.45, 7) is 1.70. The van der Waals surface area contributed by atoms with Crippen molar-refractivity contribution in [2.24, 2.45) is 0 Å². The van der Waals surface area contributed by atoms with E-state index in [2.05, 4.69) is 21.2 Å². The van der Waals surface area contributed by atoms with E-state index in [1.54, 1.807) is 0 Å². The second-order valence-corrected chi connectivity index (χ2v) is 4.05. The summed E-state index contributed by atoms with van der Waals surface area (Å²) in [6.07, 6.45) is 0. The Bertz CT molecular complexity index is 319. The van der Waals surface area contributed by atoms with E-state index in [9.17, 15) is 4.79 Å². The van der Waals surface area contributed by atoms with Crippen LogP contribution in [0.4, 0.5) is 0 Å². The van der Waals surface area contributed by atoms with Crippen molar-refractivity contribution in [3.05, 3.63) is 30.3 Å². The van der Waals surface area contributed by atoms with Crippen LogP contribution in [0.2, 0.25) is 0 Å². The highest BCUT2D eigenvalue weighted by Gasteiger charge is 2.01. The van der Waals surface area contributed by atoms with Gasteiger partial charge in [-0.25, -0.2) is 0 Å². The highest BCUT2D eigenvalue weighted by atomic mass is 79.9. The van der Waals surface area contributed by atoms with Crippen molar-refractivity contribution in [1.29, 1.82) is 0 Å². The Morgan fingerprint density at radius 2 is 2.00 bits per heavy atom. The Morgan fingerprint density at radius 1 is 1.24 bits per heavy atom. The van der Waals surface area contributed by atoms with E-state index < -0.39 is 0 Å². The maximum absolute atomic E-state index is 11.3. The summed E-state index contributed by atoms with van der Waals surface area (Å²) in [5.41, 5.74) is 0. The molecule has 0 heterocycles. The highest BCUT2D eigenvalue weighted by Crippen LogP contribution is 2.07. The Labute approximate surface area is 109 Å². The van der Waals surface area contributed by atoms with Gasteiger partial charge in [0.2, 0.25) is 0 Å². The molecule has 0 aliphatic heterocycles. The third kappa shape index (κ3) is 6.97. The minimum Gasteiger partial charge on any atom is -0.484 e. The number of ether oxygens (including phenoxy) is 2. The summed E-state index contributed by atoms with van der Waals surface area (Å²) in [4.78, 5) is 11.3. The number of para-hydroxylation sites is 1. The van der Waals surface area contributed by atoms with Crippen LogP contribution in [-0.2, 0) is 9.53 Å². The number of benzene rings is 1. The van der Waals surface area contributed by atoms with Crippen LogP contribution in [0.3, 0.4) is 0 Å². The summed E-state index contributed by atoms with van der Waals surface area (Å²) >= 11 is 3.25. The van der Waals surface area contributed by atoms with Crippen molar-refractivity contribution in [3.8, 4) is 5.75 Å². The van der Waals surface area contributed by atoms with Gasteiger partial charge in [-0.05, 0) is 12.1 Å². The molecule has 4 nitrogen and oxygen atoms in total. The number of carbonyl (C=O) groups excluding carboxylic acids is 1. The number of nitrogens with one attached hydrogen (secondary N) is 1. The molecule has 0 aliphatic carbocycles. The first kappa shape index (κ1) is 14.0. The third-order valence-corrected chi connectivity index (χ3v) is 2.23. The second kappa shape index (κ2) is 9.01. The van der Waals surface area contributed by atoms with E-state index >= 15 is 0 Å². The van der Waals surface area contributed by atoms with Crippen LogP contribution in [0.1, 0.15) is 0 Å². The quantitative estimate of drug-likeness (QED) is 0.586. The zero-order chi connectivity index (χ0) is 12.3. The van der Waals surface area contributed by atoms with Gasteiger partial charge in [0.25, 0.3) is 5.91 Å². The lowest BCUT2D eigenvalue weighted by Gasteiger charge is -2.07. The van der Waals surface area contributed by atoms with Gasteiger partial charge in [-0.15, -0.1) is 0 Å². The lowest BCUT2D eigenvalue weighted by Crippen LogP contribution is -2.31. The number of halogens is 1. The molecule has 0 spiro atoms. The highest BCUT2D eigenvalue weighted by molar-refractivity contribution is 9.09. The van der Waals surface area contributed by atoms with Gasteiger partial charge in [-0.3, -0.25) is 4.79 Å². The van der Waals surface area contributed by atoms with Gasteiger partial charge in [0.05, 0.1) is 13.2 Å². The molecule has 1 aromatic rings. The molecule has 0 bridgehead atoms. The summed E-state index contributed by atoms with van der Waals surface area (Å²) in [5.74, 6) is 0.550. The predicted molar refractivity (Wildman–Crippen MR) is 69.6 cm³/mol. The minimum atomic E-state index is -0.142. The first-order valence-corrected chi connectivity index (χ1v) is 6.53. The summed E-state index contributed by atoms with van der Waals surface area (Å²) in [6, 6.07) is 9.25. The average molecular weight is 302 g/mol. The van der Waals surface area contributed by atoms with Crippen LogP contribution >= 0.6 is 15.9 Å². The van der Waals surface area contributed by atoms with Crippen LogP contribution in [0.25, 0.3) is 0 Å². The van der Waals surface area contributed by atoms with Crippen LogP contribution in [-0.4, -0.2) is 37.6 Å². The van der Waals surface area contributed by atoms with Crippen molar-refractivity contribution in [2.45, 2.75) is 0 Å². The van der Waals surface area contributed by atoms with Crippen LogP contribution in [0.15, 0.2) is 30.3 Å². The zero-order valence-electron chi connectivity index (χ0n) is 9.52. The van der Waals surface area contributed by atoms with E-state index in [-0.39, 0.29) is 12.5 Å². The second-order valence-electron chi connectivity index (χ2n) is 3.25. The van der Waals surface area contributed by atoms with E-state index in [0.29, 0.717) is 25.5 Å². The molecule has 0 saturated carbocycles. The van der Waals surface area contributed by atoms with Crippen LogP contribution in [0, 0.1) is 0 Å². The summed E-state index contributed by atoms with van der Waals surface area (Å²) in [5, 5.41) is 3.51. The number of carbonyl (C=O) groups is 1. The fraction of sp³-hybridized carbons (Fsp3) is 0.417. The number of hydrogen-bond acceptors (Lipinski definition) is 3. The zero-order valence-corrected chi connectivity index (χ0v) is 11.1. The maximum Gasteiger partial charge on any atom is 0.258 e. The Hall–Kier alpha value is -1.07. The van der Waals surface area contributed by atoms with E-state index in [1.165, 1.54) is 0 Å². The van der Waals surface area contributed by atoms with Crippen LogP contribution < -0.4 is 10.1 Å². The van der Waals surface area contributed by atoms with Crippen molar-refractivity contribution < 1.29 is 14.3 Å². The Balaban J connectivity index is 2.05. The van der Waals surface area contributed by atoms with Crippen molar-refractivity contribution in [1.82, 2.24) is 5.32 Å². The third-order valence-electron chi connectivity index (χ3n) is 1.90. The molecule has 0 radical (unpaired) electrons. The first-order chi connectivity index (χ1) is 8.33. The Kier molecular flexibility index (Phi) is 7.42. The normalized spacial score (nSPS) is 9.94. The number of rotatable bonds is 8. The Morgan fingerprint density at radius 3 is 2.71 bits per heavy atom. The number of alkyl halides is 1. The van der Waals surface area contributed by atoms with Gasteiger partial charge in [-0.2, -0.15) is 0 Å². The van der Waals surface area contributed by atoms with Gasteiger partial charge >= 0.3 is 0 Å². The first-order valence-electron chi connectivity index (χ1n) is 5.41. The molecular formula is C12H16BrNO3. The molecule has 17 heavy (non-hydrogen) atoms. The van der Waals surface area contributed by atoms with Crippen molar-refractivity contribution in [3.63, 3.8) is 0 Å². The summed E-state index contributed by atoms with van der Waals surface area (Å²) < 4.78 is 10.5. The van der Waals surface area contributed by atoms with Crippen LogP contribution in [0.5, 0.6) is 5.75 Å².